The molecule has 0 aliphatic heterocycles. The van der Waals surface area contributed by atoms with Crippen LogP contribution in [0.2, 0.25) is 13.1 Å². The Hall–Kier alpha value is 0.337. The van der Waals surface area contributed by atoms with E-state index in [4.69, 9.17) is 4.74 Å². The summed E-state index contributed by atoms with van der Waals surface area (Å²) in [4.78, 5) is 5.42. The molecule has 2 rings (SSSR count). The van der Waals surface area contributed by atoms with Crippen molar-refractivity contribution in [1.82, 2.24) is 4.98 Å². The third-order valence-electron chi connectivity index (χ3n) is 2.89. The molecule has 0 bridgehead atoms. The molecule has 2 nitrogen and oxygen atoms in total. The van der Waals surface area contributed by atoms with Crippen molar-refractivity contribution in [2.75, 3.05) is 13.7 Å². The molecule has 0 aliphatic rings. The second-order valence-corrected chi connectivity index (χ2v) is 14.0. The van der Waals surface area contributed by atoms with Crippen LogP contribution in [0.3, 0.4) is 0 Å². The number of benzene rings is 1. The van der Waals surface area contributed by atoms with Crippen molar-refractivity contribution < 1.29 is 4.74 Å². The van der Waals surface area contributed by atoms with E-state index in [0.717, 1.165) is 21.3 Å². The van der Waals surface area contributed by atoms with E-state index in [2.05, 4.69) is 36.3 Å². The number of thiazole rings is 1. The minimum atomic E-state index is -0.640. The SMILES string of the molecule is COCCC(SSSc1nc2ccccc2s1)[SiH](C)C. The lowest BCUT2D eigenvalue weighted by atomic mass is 10.3. The van der Waals surface area contributed by atoms with Gasteiger partial charge in [0.2, 0.25) is 0 Å². The fourth-order valence-corrected chi connectivity index (χ4v) is 12.1. The molecule has 1 heterocycles. The summed E-state index contributed by atoms with van der Waals surface area (Å²) in [5, 5.41) is 0. The fourth-order valence-electron chi connectivity index (χ4n) is 1.71. The molecular formula is C13H19NOS4Si. The third-order valence-corrected chi connectivity index (χ3v) is 12.8. The summed E-state index contributed by atoms with van der Waals surface area (Å²) in [5.41, 5.74) is 1.11. The highest BCUT2D eigenvalue weighted by Gasteiger charge is 2.16. The van der Waals surface area contributed by atoms with Gasteiger partial charge in [-0.1, -0.05) is 36.0 Å². The van der Waals surface area contributed by atoms with Crippen molar-refractivity contribution >= 4 is 61.8 Å². The Labute approximate surface area is 137 Å². The second-order valence-electron chi connectivity index (χ2n) is 4.76. The Morgan fingerprint density at radius 1 is 1.35 bits per heavy atom. The summed E-state index contributed by atoms with van der Waals surface area (Å²) in [6.07, 6.45) is 1.17. The summed E-state index contributed by atoms with van der Waals surface area (Å²) in [7, 11) is 6.81. The molecule has 1 aromatic heterocycles. The first-order valence-corrected chi connectivity index (χ1v) is 13.9. The van der Waals surface area contributed by atoms with Gasteiger partial charge in [0.05, 0.1) is 10.2 Å². The molecule has 0 N–H and O–H groups in total. The zero-order chi connectivity index (χ0) is 14.4. The smallest absolute Gasteiger partial charge is 0.162 e. The highest BCUT2D eigenvalue weighted by molar-refractivity contribution is 9.09. The molecule has 20 heavy (non-hydrogen) atoms. The zero-order valence-electron chi connectivity index (χ0n) is 11.9. The molecule has 0 saturated carbocycles. The first-order valence-electron chi connectivity index (χ1n) is 6.55. The maximum Gasteiger partial charge on any atom is 0.162 e. The minimum Gasteiger partial charge on any atom is -0.385 e. The quantitative estimate of drug-likeness (QED) is 0.479. The lowest BCUT2D eigenvalue weighted by Crippen LogP contribution is -2.21. The van der Waals surface area contributed by atoms with E-state index in [0.29, 0.717) is 0 Å². The molecule has 0 amide bonds. The topological polar surface area (TPSA) is 22.1 Å². The molecule has 0 aliphatic carbocycles. The molecule has 1 unspecified atom stereocenters. The number of fused-ring (bicyclic) bond motifs is 1. The Balaban J connectivity index is 1.84. The average Bonchev–Trinajstić information content (AvgIpc) is 2.84. The van der Waals surface area contributed by atoms with Crippen molar-refractivity contribution in [3.63, 3.8) is 0 Å². The number of hydrogen-bond donors (Lipinski definition) is 0. The van der Waals surface area contributed by atoms with Crippen molar-refractivity contribution in [2.45, 2.75) is 28.7 Å². The van der Waals surface area contributed by atoms with Crippen molar-refractivity contribution in [1.29, 1.82) is 0 Å². The number of hydrogen-bond acceptors (Lipinski definition) is 6. The number of aromatic nitrogens is 1. The summed E-state index contributed by atoms with van der Waals surface area (Å²) in [6.45, 7) is 5.70. The predicted octanol–water partition coefficient (Wildman–Crippen LogP) is 5.12. The maximum absolute atomic E-state index is 5.21. The second kappa shape index (κ2) is 8.70. The van der Waals surface area contributed by atoms with Gasteiger partial charge in [-0.2, -0.15) is 0 Å². The number of ether oxygens (including phenoxy) is 1. The summed E-state index contributed by atoms with van der Waals surface area (Å²) in [6, 6.07) is 8.33. The molecule has 110 valence electrons. The largest absolute Gasteiger partial charge is 0.385 e. The van der Waals surface area contributed by atoms with Gasteiger partial charge >= 0.3 is 0 Å². The summed E-state index contributed by atoms with van der Waals surface area (Å²) < 4.78 is 7.63. The van der Waals surface area contributed by atoms with Crippen LogP contribution >= 0.6 is 42.8 Å². The van der Waals surface area contributed by atoms with Gasteiger partial charge in [-0.25, -0.2) is 4.98 Å². The molecule has 0 spiro atoms. The zero-order valence-corrected chi connectivity index (χ0v) is 16.3. The van der Waals surface area contributed by atoms with Gasteiger partial charge < -0.3 is 4.74 Å². The monoisotopic (exact) mass is 361 g/mol. The van der Waals surface area contributed by atoms with E-state index in [1.54, 1.807) is 29.2 Å². The molecule has 0 radical (unpaired) electrons. The highest BCUT2D eigenvalue weighted by Crippen LogP contribution is 2.45. The van der Waals surface area contributed by atoms with Crippen LogP contribution in [-0.4, -0.2) is 32.4 Å². The first-order chi connectivity index (χ1) is 9.70. The summed E-state index contributed by atoms with van der Waals surface area (Å²) >= 11 is 1.78. The molecular weight excluding hydrogens is 343 g/mol. The van der Waals surface area contributed by atoms with Gasteiger partial charge in [0.1, 0.15) is 0 Å². The van der Waals surface area contributed by atoms with E-state index in [9.17, 15) is 0 Å². The lowest BCUT2D eigenvalue weighted by Gasteiger charge is -2.17. The lowest BCUT2D eigenvalue weighted by molar-refractivity contribution is 0.198. The molecule has 1 atom stereocenters. The van der Waals surface area contributed by atoms with Crippen molar-refractivity contribution in [2.24, 2.45) is 0 Å². The standard InChI is InChI=1S/C13H19NOS4Si/c1-15-9-8-12(20(2)3)17-19-18-13-14-10-6-4-5-7-11(10)16-13/h4-7,12,20H,8-9H2,1-3H3. The Morgan fingerprint density at radius 3 is 2.85 bits per heavy atom. The Morgan fingerprint density at radius 2 is 2.15 bits per heavy atom. The molecule has 0 saturated heterocycles. The van der Waals surface area contributed by atoms with Crippen LogP contribution in [0.1, 0.15) is 6.42 Å². The van der Waals surface area contributed by atoms with E-state index in [1.807, 2.05) is 26.7 Å². The van der Waals surface area contributed by atoms with Crippen LogP contribution < -0.4 is 0 Å². The van der Waals surface area contributed by atoms with Crippen LogP contribution in [0, 0.1) is 0 Å². The van der Waals surface area contributed by atoms with Crippen LogP contribution in [0.4, 0.5) is 0 Å². The van der Waals surface area contributed by atoms with E-state index < -0.39 is 8.80 Å². The minimum absolute atomic E-state index is 0.640. The first kappa shape index (κ1) is 16.7. The third kappa shape index (κ3) is 4.96. The van der Waals surface area contributed by atoms with Crippen LogP contribution in [0.25, 0.3) is 10.2 Å². The van der Waals surface area contributed by atoms with Gasteiger partial charge in [0.15, 0.2) is 4.34 Å². The maximum atomic E-state index is 5.21. The van der Waals surface area contributed by atoms with Gasteiger partial charge in [-0.05, 0) is 39.2 Å². The number of nitrogens with zero attached hydrogens (tertiary/aromatic N) is 1. The van der Waals surface area contributed by atoms with Gasteiger partial charge in [-0.3, -0.25) is 0 Å². The average molecular weight is 362 g/mol. The highest BCUT2D eigenvalue weighted by atomic mass is 33.5. The van der Waals surface area contributed by atoms with E-state index in [-0.39, 0.29) is 0 Å². The number of rotatable bonds is 8. The number of methoxy groups -OCH3 is 1. The van der Waals surface area contributed by atoms with Crippen molar-refractivity contribution in [3.05, 3.63) is 24.3 Å². The van der Waals surface area contributed by atoms with E-state index >= 15 is 0 Å². The van der Waals surface area contributed by atoms with Gasteiger partial charge in [-0.15, -0.1) is 11.3 Å². The molecule has 0 fully saturated rings. The summed E-state index contributed by atoms with van der Waals surface area (Å²) in [5.74, 6) is 0. The van der Waals surface area contributed by atoms with E-state index in [1.165, 1.54) is 11.1 Å². The van der Waals surface area contributed by atoms with Gasteiger partial charge in [0.25, 0.3) is 0 Å². The van der Waals surface area contributed by atoms with Gasteiger partial charge in [0, 0.05) is 27.4 Å². The number of para-hydroxylation sites is 1. The fraction of sp³-hybridized carbons (Fsp3) is 0.462. The Kier molecular flexibility index (Phi) is 7.27. The molecule has 7 heteroatoms. The van der Waals surface area contributed by atoms with Crippen molar-refractivity contribution in [3.8, 4) is 0 Å². The predicted molar refractivity (Wildman–Crippen MR) is 99.8 cm³/mol. The normalized spacial score (nSPS) is 13.2. The molecule has 2 aromatic rings. The van der Waals surface area contributed by atoms with Crippen LogP contribution in [0.15, 0.2) is 28.6 Å². The Bertz CT molecular complexity index is 501. The molecule has 1 aromatic carbocycles. The van der Waals surface area contributed by atoms with Crippen LogP contribution in [0.5, 0.6) is 0 Å². The van der Waals surface area contributed by atoms with Crippen LogP contribution in [-0.2, 0) is 4.74 Å².